The zero-order valence-corrected chi connectivity index (χ0v) is 9.64. The van der Waals surface area contributed by atoms with Crippen molar-refractivity contribution in [3.8, 4) is 0 Å². The molecule has 1 heterocycles. The number of nitrogens with zero attached hydrogens (tertiary/aromatic N) is 1. The molecule has 1 saturated heterocycles. The van der Waals surface area contributed by atoms with Crippen molar-refractivity contribution < 1.29 is 4.79 Å². The zero-order valence-electron chi connectivity index (χ0n) is 9.64. The molecule has 16 heavy (non-hydrogen) atoms. The van der Waals surface area contributed by atoms with Gasteiger partial charge in [0.2, 0.25) is 0 Å². The molecule has 0 aromatic heterocycles. The van der Waals surface area contributed by atoms with Crippen LogP contribution in [0.15, 0.2) is 30.3 Å². The molecule has 2 heteroatoms. The summed E-state index contributed by atoms with van der Waals surface area (Å²) in [6.45, 7) is 3.18. The van der Waals surface area contributed by atoms with Crippen molar-refractivity contribution in [3.05, 3.63) is 35.9 Å². The van der Waals surface area contributed by atoms with Crippen molar-refractivity contribution in [2.75, 3.05) is 19.6 Å². The minimum Gasteiger partial charge on any atom is -0.303 e. The summed E-state index contributed by atoms with van der Waals surface area (Å²) in [5.74, 6) is 0.268. The SMILES string of the molecule is O=CC1CCCN(CCc2ccccc2)C1. The first-order valence-electron chi connectivity index (χ1n) is 6.10. The monoisotopic (exact) mass is 217 g/mol. The number of likely N-dealkylation sites (tertiary alicyclic amines) is 1. The summed E-state index contributed by atoms with van der Waals surface area (Å²) in [5, 5.41) is 0. The van der Waals surface area contributed by atoms with Crippen molar-refractivity contribution in [1.82, 2.24) is 4.90 Å². The van der Waals surface area contributed by atoms with Crippen LogP contribution in [0.2, 0.25) is 0 Å². The number of hydrogen-bond donors (Lipinski definition) is 0. The standard InChI is InChI=1S/C14H19NO/c16-12-14-7-4-9-15(11-14)10-8-13-5-2-1-3-6-13/h1-3,5-6,12,14H,4,7-11H2. The third-order valence-corrected chi connectivity index (χ3v) is 3.29. The molecule has 0 saturated carbocycles. The lowest BCUT2D eigenvalue weighted by Gasteiger charge is -2.29. The molecular weight excluding hydrogens is 198 g/mol. The van der Waals surface area contributed by atoms with Crippen LogP contribution in [0.5, 0.6) is 0 Å². The average molecular weight is 217 g/mol. The first-order chi connectivity index (χ1) is 7.88. The van der Waals surface area contributed by atoms with E-state index in [-0.39, 0.29) is 5.92 Å². The predicted molar refractivity (Wildman–Crippen MR) is 65.4 cm³/mol. The van der Waals surface area contributed by atoms with Crippen LogP contribution in [-0.2, 0) is 11.2 Å². The Morgan fingerprint density at radius 3 is 2.88 bits per heavy atom. The fourth-order valence-electron chi connectivity index (χ4n) is 2.34. The van der Waals surface area contributed by atoms with E-state index >= 15 is 0 Å². The van der Waals surface area contributed by atoms with Crippen LogP contribution < -0.4 is 0 Å². The summed E-state index contributed by atoms with van der Waals surface area (Å²) in [7, 11) is 0. The summed E-state index contributed by atoms with van der Waals surface area (Å²) in [6.07, 6.45) is 4.45. The number of carbonyl (C=O) groups excluding carboxylic acids is 1. The quantitative estimate of drug-likeness (QED) is 0.720. The van der Waals surface area contributed by atoms with E-state index in [0.29, 0.717) is 0 Å². The lowest BCUT2D eigenvalue weighted by molar-refractivity contribution is -0.112. The minimum atomic E-state index is 0.268. The Labute approximate surface area is 97.3 Å². The first kappa shape index (κ1) is 11.3. The molecule has 0 bridgehead atoms. The largest absolute Gasteiger partial charge is 0.303 e. The second-order valence-corrected chi connectivity index (χ2v) is 4.57. The maximum absolute atomic E-state index is 10.8. The molecule has 2 rings (SSSR count). The maximum Gasteiger partial charge on any atom is 0.124 e. The molecule has 0 N–H and O–H groups in total. The molecule has 2 nitrogen and oxygen atoms in total. The second-order valence-electron chi connectivity index (χ2n) is 4.57. The van der Waals surface area contributed by atoms with Crippen molar-refractivity contribution in [1.29, 1.82) is 0 Å². The molecule has 1 aromatic carbocycles. The molecule has 86 valence electrons. The summed E-state index contributed by atoms with van der Waals surface area (Å²) in [5.41, 5.74) is 1.38. The van der Waals surface area contributed by atoms with Crippen LogP contribution in [0.3, 0.4) is 0 Å². The van der Waals surface area contributed by atoms with Crippen molar-refractivity contribution in [2.24, 2.45) is 5.92 Å². The van der Waals surface area contributed by atoms with Crippen molar-refractivity contribution in [3.63, 3.8) is 0 Å². The Kier molecular flexibility index (Phi) is 4.11. The van der Waals surface area contributed by atoms with Gasteiger partial charge in [0, 0.05) is 19.0 Å². The van der Waals surface area contributed by atoms with Gasteiger partial charge in [-0.2, -0.15) is 0 Å². The molecular formula is C14H19NO. The van der Waals surface area contributed by atoms with Gasteiger partial charge < -0.3 is 9.69 Å². The Balaban J connectivity index is 1.79. The van der Waals surface area contributed by atoms with Gasteiger partial charge in [0.25, 0.3) is 0 Å². The smallest absolute Gasteiger partial charge is 0.124 e. The van der Waals surface area contributed by atoms with Gasteiger partial charge >= 0.3 is 0 Å². The normalized spacial score (nSPS) is 21.9. The zero-order chi connectivity index (χ0) is 11.2. The van der Waals surface area contributed by atoms with E-state index in [0.717, 1.165) is 45.2 Å². The van der Waals surface area contributed by atoms with Crippen LogP contribution in [0.1, 0.15) is 18.4 Å². The molecule has 0 aliphatic carbocycles. The highest BCUT2D eigenvalue weighted by atomic mass is 16.1. The number of aldehydes is 1. The predicted octanol–water partition coefficient (Wildman–Crippen LogP) is 2.14. The Morgan fingerprint density at radius 1 is 1.31 bits per heavy atom. The molecule has 0 amide bonds. The number of piperidine rings is 1. The number of benzene rings is 1. The van der Waals surface area contributed by atoms with E-state index in [1.807, 2.05) is 6.07 Å². The van der Waals surface area contributed by atoms with E-state index in [2.05, 4.69) is 29.2 Å². The lowest BCUT2D eigenvalue weighted by Crippen LogP contribution is -2.37. The molecule has 1 aliphatic heterocycles. The van der Waals surface area contributed by atoms with Crippen LogP contribution in [0.4, 0.5) is 0 Å². The Hall–Kier alpha value is -1.15. The van der Waals surface area contributed by atoms with Crippen LogP contribution >= 0.6 is 0 Å². The Morgan fingerprint density at radius 2 is 2.12 bits per heavy atom. The number of rotatable bonds is 4. The van der Waals surface area contributed by atoms with Crippen LogP contribution in [0, 0.1) is 5.92 Å². The van der Waals surface area contributed by atoms with Gasteiger partial charge in [-0.05, 0) is 31.4 Å². The Bertz CT molecular complexity index is 323. The van der Waals surface area contributed by atoms with Gasteiger partial charge in [0.15, 0.2) is 0 Å². The summed E-state index contributed by atoms with van der Waals surface area (Å²) >= 11 is 0. The lowest BCUT2D eigenvalue weighted by atomic mass is 9.99. The van der Waals surface area contributed by atoms with Crippen molar-refractivity contribution in [2.45, 2.75) is 19.3 Å². The van der Waals surface area contributed by atoms with E-state index in [9.17, 15) is 4.79 Å². The van der Waals surface area contributed by atoms with Gasteiger partial charge in [-0.15, -0.1) is 0 Å². The fourth-order valence-corrected chi connectivity index (χ4v) is 2.34. The van der Waals surface area contributed by atoms with Gasteiger partial charge in [-0.25, -0.2) is 0 Å². The highest BCUT2D eigenvalue weighted by molar-refractivity contribution is 5.53. The fraction of sp³-hybridized carbons (Fsp3) is 0.500. The van der Waals surface area contributed by atoms with E-state index in [1.165, 1.54) is 5.56 Å². The highest BCUT2D eigenvalue weighted by Gasteiger charge is 2.18. The molecule has 0 radical (unpaired) electrons. The highest BCUT2D eigenvalue weighted by Crippen LogP contribution is 2.14. The van der Waals surface area contributed by atoms with Crippen LogP contribution in [0.25, 0.3) is 0 Å². The molecule has 1 aromatic rings. The van der Waals surface area contributed by atoms with E-state index in [4.69, 9.17) is 0 Å². The average Bonchev–Trinajstić information content (AvgIpc) is 2.38. The number of carbonyl (C=O) groups is 1. The van der Waals surface area contributed by atoms with Gasteiger partial charge in [0.05, 0.1) is 0 Å². The molecule has 1 aliphatic rings. The van der Waals surface area contributed by atoms with E-state index in [1.54, 1.807) is 0 Å². The van der Waals surface area contributed by atoms with Crippen LogP contribution in [-0.4, -0.2) is 30.8 Å². The summed E-state index contributed by atoms with van der Waals surface area (Å²) in [6, 6.07) is 10.6. The third-order valence-electron chi connectivity index (χ3n) is 3.29. The third kappa shape index (κ3) is 3.17. The van der Waals surface area contributed by atoms with Gasteiger partial charge in [-0.1, -0.05) is 30.3 Å². The van der Waals surface area contributed by atoms with Gasteiger partial charge in [0.1, 0.15) is 6.29 Å². The molecule has 1 atom stereocenters. The molecule has 0 spiro atoms. The van der Waals surface area contributed by atoms with E-state index < -0.39 is 0 Å². The maximum atomic E-state index is 10.8. The summed E-state index contributed by atoms with van der Waals surface area (Å²) < 4.78 is 0. The molecule has 1 fully saturated rings. The topological polar surface area (TPSA) is 20.3 Å². The molecule has 1 unspecified atom stereocenters. The first-order valence-corrected chi connectivity index (χ1v) is 6.10. The second kappa shape index (κ2) is 5.80. The van der Waals surface area contributed by atoms with Gasteiger partial charge in [-0.3, -0.25) is 0 Å². The number of hydrogen-bond acceptors (Lipinski definition) is 2. The van der Waals surface area contributed by atoms with Crippen molar-refractivity contribution >= 4 is 6.29 Å². The minimum absolute atomic E-state index is 0.268. The summed E-state index contributed by atoms with van der Waals surface area (Å²) in [4.78, 5) is 13.2.